The van der Waals surface area contributed by atoms with Crippen LogP contribution in [0.4, 0.5) is 0 Å². The lowest BCUT2D eigenvalue weighted by atomic mass is 9.70. The van der Waals surface area contributed by atoms with Crippen LogP contribution in [-0.2, 0) is 5.41 Å². The van der Waals surface area contributed by atoms with E-state index in [4.69, 9.17) is 4.98 Å². The first-order chi connectivity index (χ1) is 26.6. The standard InChI is InChI=1S/C50H26I2N2/c51-29-16-20-44-37(25-29)38-26-30(52)17-21-45(38)54(44)31-9-7-8-27(22-31)49-35-18-19-42-47(46(35)34-12-3-6-15-43(34)53-49)33-11-2-5-14-41(33)50(42)40-13-4-1-10-32(40)39-24-28-23-36(28)48(39)50/h1-26H. The second-order valence-corrected chi connectivity index (χ2v) is 17.4. The molecule has 0 fully saturated rings. The Morgan fingerprint density at radius 2 is 1.15 bits per heavy atom. The molecule has 250 valence electrons. The van der Waals surface area contributed by atoms with Crippen LogP contribution in [0.25, 0.3) is 93.8 Å². The third kappa shape index (κ3) is 3.68. The molecule has 0 amide bonds. The summed E-state index contributed by atoms with van der Waals surface area (Å²) in [5, 5.41) is 6.21. The van der Waals surface area contributed by atoms with Gasteiger partial charge in [-0.3, -0.25) is 0 Å². The van der Waals surface area contributed by atoms with Crippen LogP contribution in [-0.4, -0.2) is 9.55 Å². The highest BCUT2D eigenvalue weighted by Gasteiger charge is 2.55. The SMILES string of the molecule is Ic1ccc2c(c1)c1cc(I)ccc1n2-c1cccc(-c2nc3ccccc3c3c4c(ccc23)C2(c3ccccc3-c3cc5cc-5c32)c2ccccc2-4)c1. The van der Waals surface area contributed by atoms with Gasteiger partial charge in [-0.15, -0.1) is 0 Å². The number of aromatic nitrogens is 2. The summed E-state index contributed by atoms with van der Waals surface area (Å²) in [7, 11) is 0. The topological polar surface area (TPSA) is 17.8 Å². The number of halogens is 2. The normalized spacial score (nSPS) is 15.7. The first-order valence-corrected chi connectivity index (χ1v) is 20.5. The number of benzene rings is 8. The van der Waals surface area contributed by atoms with Gasteiger partial charge in [-0.1, -0.05) is 91.0 Å². The van der Waals surface area contributed by atoms with Gasteiger partial charge in [-0.25, -0.2) is 4.98 Å². The zero-order chi connectivity index (χ0) is 35.4. The number of nitrogens with zero attached hydrogens (tertiary/aromatic N) is 2. The molecule has 0 radical (unpaired) electrons. The molecular formula is C50H26I2N2. The highest BCUT2D eigenvalue weighted by atomic mass is 127. The van der Waals surface area contributed by atoms with Gasteiger partial charge in [0, 0.05) is 45.3 Å². The molecule has 1 unspecified atom stereocenters. The zero-order valence-corrected chi connectivity index (χ0v) is 33.0. The van der Waals surface area contributed by atoms with E-state index in [1.807, 2.05) is 0 Å². The third-order valence-corrected chi connectivity index (χ3v) is 13.6. The Hall–Kier alpha value is -5.31. The summed E-state index contributed by atoms with van der Waals surface area (Å²) in [6.07, 6.45) is 0. The van der Waals surface area contributed by atoms with Gasteiger partial charge >= 0.3 is 0 Å². The highest BCUT2D eigenvalue weighted by molar-refractivity contribution is 14.1. The van der Waals surface area contributed by atoms with Crippen molar-refractivity contribution in [3.8, 4) is 50.3 Å². The van der Waals surface area contributed by atoms with E-state index in [9.17, 15) is 0 Å². The Morgan fingerprint density at radius 3 is 1.94 bits per heavy atom. The van der Waals surface area contributed by atoms with Crippen molar-refractivity contribution < 1.29 is 0 Å². The van der Waals surface area contributed by atoms with Crippen molar-refractivity contribution in [2.24, 2.45) is 0 Å². The summed E-state index contributed by atoms with van der Waals surface area (Å²) < 4.78 is 4.89. The Balaban J connectivity index is 1.12. The molecule has 1 spiro atoms. The molecule has 54 heavy (non-hydrogen) atoms. The van der Waals surface area contributed by atoms with Crippen LogP contribution in [0.5, 0.6) is 0 Å². The lowest BCUT2D eigenvalue weighted by molar-refractivity contribution is 0.800. The molecule has 1 atom stereocenters. The quantitative estimate of drug-likeness (QED) is 0.125. The maximum Gasteiger partial charge on any atom is 0.0789 e. The maximum absolute atomic E-state index is 5.48. The fourth-order valence-corrected chi connectivity index (χ4v) is 11.2. The minimum atomic E-state index is -0.358. The van der Waals surface area contributed by atoms with Gasteiger partial charge < -0.3 is 4.57 Å². The van der Waals surface area contributed by atoms with E-state index in [-0.39, 0.29) is 5.41 Å². The number of pyridine rings is 1. The molecule has 0 saturated heterocycles. The largest absolute Gasteiger partial charge is 0.309 e. The van der Waals surface area contributed by atoms with Crippen molar-refractivity contribution in [1.82, 2.24) is 9.55 Å². The second-order valence-electron chi connectivity index (χ2n) is 14.9. The fourth-order valence-electron chi connectivity index (χ4n) is 10.3. The molecule has 4 aliphatic rings. The number of hydrogen-bond acceptors (Lipinski definition) is 1. The Bertz CT molecular complexity index is 3310. The summed E-state index contributed by atoms with van der Waals surface area (Å²) in [5.74, 6) is 0. The number of fused-ring (bicyclic) bond motifs is 19. The molecule has 4 heteroatoms. The highest BCUT2D eigenvalue weighted by Crippen LogP contribution is 2.68. The second kappa shape index (κ2) is 10.5. The number of rotatable bonds is 2. The average molecular weight is 909 g/mol. The van der Waals surface area contributed by atoms with E-state index >= 15 is 0 Å². The number of hydrogen-bond donors (Lipinski definition) is 0. The van der Waals surface area contributed by atoms with Crippen molar-refractivity contribution in [2.75, 3.05) is 0 Å². The van der Waals surface area contributed by atoms with Gasteiger partial charge in [-0.2, -0.15) is 0 Å². The van der Waals surface area contributed by atoms with Crippen LogP contribution in [0.1, 0.15) is 22.3 Å². The van der Waals surface area contributed by atoms with Crippen LogP contribution < -0.4 is 0 Å². The fraction of sp³-hybridized carbons (Fsp3) is 0.0200. The molecule has 13 rings (SSSR count). The molecule has 9 aromatic rings. The van der Waals surface area contributed by atoms with Crippen molar-refractivity contribution >= 4 is 88.7 Å². The summed E-state index contributed by atoms with van der Waals surface area (Å²) in [4.78, 5) is 5.48. The average Bonchev–Trinajstić information content (AvgIpc) is 3.47. The molecule has 4 aliphatic carbocycles. The van der Waals surface area contributed by atoms with E-state index in [1.165, 1.54) is 101 Å². The van der Waals surface area contributed by atoms with Crippen LogP contribution in [0.3, 0.4) is 0 Å². The lowest BCUT2D eigenvalue weighted by Crippen LogP contribution is -2.25. The van der Waals surface area contributed by atoms with Gasteiger partial charge in [-0.05, 0) is 168 Å². The van der Waals surface area contributed by atoms with Crippen LogP contribution >= 0.6 is 45.2 Å². The Kier molecular flexibility index (Phi) is 5.82. The molecular weight excluding hydrogens is 882 g/mol. The predicted molar refractivity (Wildman–Crippen MR) is 240 cm³/mol. The molecule has 2 aromatic heterocycles. The summed E-state index contributed by atoms with van der Waals surface area (Å²) in [5.41, 5.74) is 20.2. The van der Waals surface area contributed by atoms with E-state index in [2.05, 4.69) is 207 Å². The smallest absolute Gasteiger partial charge is 0.0789 e. The van der Waals surface area contributed by atoms with E-state index < -0.39 is 0 Å². The van der Waals surface area contributed by atoms with E-state index in [0.717, 1.165) is 22.5 Å². The van der Waals surface area contributed by atoms with Crippen molar-refractivity contribution in [3.63, 3.8) is 0 Å². The summed E-state index contributed by atoms with van der Waals surface area (Å²) in [6.45, 7) is 0. The molecule has 7 aromatic carbocycles. The van der Waals surface area contributed by atoms with E-state index in [1.54, 1.807) is 0 Å². The number of para-hydroxylation sites is 1. The summed E-state index contributed by atoms with van der Waals surface area (Å²) in [6, 6.07) is 59.2. The molecule has 2 nitrogen and oxygen atoms in total. The van der Waals surface area contributed by atoms with Gasteiger partial charge in [0.1, 0.15) is 0 Å². The first kappa shape index (κ1) is 30.1. The molecule has 0 aliphatic heterocycles. The monoisotopic (exact) mass is 908 g/mol. The summed E-state index contributed by atoms with van der Waals surface area (Å²) >= 11 is 4.85. The van der Waals surface area contributed by atoms with Crippen LogP contribution in [0.15, 0.2) is 158 Å². The van der Waals surface area contributed by atoms with Gasteiger partial charge in [0.2, 0.25) is 0 Å². The van der Waals surface area contributed by atoms with Crippen molar-refractivity contribution in [3.05, 3.63) is 187 Å². The lowest BCUT2D eigenvalue weighted by Gasteiger charge is -2.30. The Labute approximate surface area is 338 Å². The minimum Gasteiger partial charge on any atom is -0.309 e. The predicted octanol–water partition coefficient (Wildman–Crippen LogP) is 13.7. The van der Waals surface area contributed by atoms with Crippen molar-refractivity contribution in [2.45, 2.75) is 5.41 Å². The molecule has 0 N–H and O–H groups in total. The molecule has 0 bridgehead atoms. The molecule has 2 heterocycles. The van der Waals surface area contributed by atoms with Gasteiger partial charge in [0.15, 0.2) is 0 Å². The van der Waals surface area contributed by atoms with E-state index in [0.29, 0.717) is 0 Å². The maximum atomic E-state index is 5.48. The van der Waals surface area contributed by atoms with Crippen LogP contribution in [0, 0.1) is 7.14 Å². The third-order valence-electron chi connectivity index (χ3n) is 12.3. The van der Waals surface area contributed by atoms with Gasteiger partial charge in [0.05, 0.1) is 27.7 Å². The zero-order valence-electron chi connectivity index (χ0n) is 28.7. The van der Waals surface area contributed by atoms with Gasteiger partial charge in [0.25, 0.3) is 0 Å². The van der Waals surface area contributed by atoms with Crippen LogP contribution in [0.2, 0.25) is 0 Å². The Morgan fingerprint density at radius 1 is 0.463 bits per heavy atom. The first-order valence-electron chi connectivity index (χ1n) is 18.3. The molecule has 0 saturated carbocycles. The minimum absolute atomic E-state index is 0.358. The van der Waals surface area contributed by atoms with Crippen molar-refractivity contribution in [1.29, 1.82) is 0 Å².